The first-order valence-electron chi connectivity index (χ1n) is 12.8. The van der Waals surface area contributed by atoms with Crippen molar-refractivity contribution < 1.29 is 4.79 Å². The largest absolute Gasteiger partial charge is 0.352 e. The van der Waals surface area contributed by atoms with Crippen LogP contribution < -0.4 is 16.6 Å². The van der Waals surface area contributed by atoms with Crippen molar-refractivity contribution in [1.82, 2.24) is 24.1 Å². The lowest BCUT2D eigenvalue weighted by molar-refractivity contribution is 0.0939. The van der Waals surface area contributed by atoms with E-state index in [2.05, 4.69) is 10.4 Å². The van der Waals surface area contributed by atoms with Gasteiger partial charge in [-0.1, -0.05) is 61.0 Å². The summed E-state index contributed by atoms with van der Waals surface area (Å²) >= 11 is 0. The molecule has 0 aliphatic carbocycles. The molecule has 3 aromatic carbocycles. The number of aryl methyl sites for hydroxylation is 2. The van der Waals surface area contributed by atoms with Crippen LogP contribution in [0.1, 0.15) is 52.9 Å². The molecule has 8 nitrogen and oxygen atoms in total. The second-order valence-corrected chi connectivity index (χ2v) is 9.90. The zero-order valence-corrected chi connectivity index (χ0v) is 22.1. The molecule has 1 amide bonds. The van der Waals surface area contributed by atoms with Gasteiger partial charge < -0.3 is 5.32 Å². The maximum absolute atomic E-state index is 13.8. The minimum Gasteiger partial charge on any atom is -0.350 e. The molecule has 5 rings (SSSR count). The molecule has 0 aliphatic heterocycles. The molecule has 0 fully saturated rings. The Morgan fingerprint density at radius 1 is 0.974 bits per heavy atom. The van der Waals surface area contributed by atoms with E-state index < -0.39 is 0 Å². The summed E-state index contributed by atoms with van der Waals surface area (Å²) in [6.45, 7) is 8.46. The fourth-order valence-corrected chi connectivity index (χ4v) is 4.61. The van der Waals surface area contributed by atoms with Crippen LogP contribution in [0.5, 0.6) is 0 Å². The highest BCUT2D eigenvalue weighted by atomic mass is 16.2. The average Bonchev–Trinajstić information content (AvgIpc) is 3.24. The summed E-state index contributed by atoms with van der Waals surface area (Å²) in [5.41, 5.74) is 4.14. The molecule has 2 heterocycles. The number of amides is 1. The molecule has 194 valence electrons. The van der Waals surface area contributed by atoms with Gasteiger partial charge in [-0.05, 0) is 62.1 Å². The smallest absolute Gasteiger partial charge is 0.350 e. The van der Waals surface area contributed by atoms with Gasteiger partial charge in [-0.3, -0.25) is 14.2 Å². The van der Waals surface area contributed by atoms with Crippen LogP contribution in [-0.2, 0) is 13.1 Å². The highest BCUT2D eigenvalue weighted by molar-refractivity contribution is 5.98. The van der Waals surface area contributed by atoms with Gasteiger partial charge in [0.1, 0.15) is 0 Å². The van der Waals surface area contributed by atoms with Crippen molar-refractivity contribution in [3.05, 3.63) is 115 Å². The van der Waals surface area contributed by atoms with E-state index in [4.69, 9.17) is 0 Å². The Kier molecular flexibility index (Phi) is 6.72. The number of aromatic nitrogens is 4. The Morgan fingerprint density at radius 3 is 2.47 bits per heavy atom. The topological polar surface area (TPSA) is 90.4 Å². The summed E-state index contributed by atoms with van der Waals surface area (Å²) < 4.78 is 4.37. The number of fused-ring (bicyclic) bond motifs is 3. The quantitative estimate of drug-likeness (QED) is 0.358. The number of hydrogen-bond donors (Lipinski definition) is 1. The molecule has 0 spiro atoms. The Balaban J connectivity index is 1.75. The van der Waals surface area contributed by atoms with Crippen molar-refractivity contribution in [3.63, 3.8) is 0 Å². The highest BCUT2D eigenvalue weighted by Crippen LogP contribution is 2.17. The van der Waals surface area contributed by atoms with Gasteiger partial charge >= 0.3 is 5.69 Å². The van der Waals surface area contributed by atoms with E-state index in [1.54, 1.807) is 18.2 Å². The molecule has 0 bridgehead atoms. The van der Waals surface area contributed by atoms with Crippen molar-refractivity contribution in [1.29, 1.82) is 0 Å². The molecule has 1 N–H and O–H groups in total. The van der Waals surface area contributed by atoms with E-state index in [9.17, 15) is 14.4 Å². The van der Waals surface area contributed by atoms with Crippen LogP contribution >= 0.6 is 0 Å². The molecule has 0 radical (unpaired) electrons. The number of carbonyl (C=O) groups is 1. The van der Waals surface area contributed by atoms with E-state index in [0.29, 0.717) is 16.5 Å². The van der Waals surface area contributed by atoms with E-state index in [1.807, 2.05) is 76.2 Å². The van der Waals surface area contributed by atoms with E-state index in [0.717, 1.165) is 28.7 Å². The van der Waals surface area contributed by atoms with Crippen molar-refractivity contribution in [3.8, 4) is 0 Å². The Labute approximate surface area is 220 Å². The predicted octanol–water partition coefficient (Wildman–Crippen LogP) is 4.05. The normalized spacial score (nSPS) is 12.2. The second kappa shape index (κ2) is 10.1. The van der Waals surface area contributed by atoms with Crippen molar-refractivity contribution in [2.75, 3.05) is 0 Å². The molecule has 1 atom stereocenters. The first kappa shape index (κ1) is 25.2. The van der Waals surface area contributed by atoms with Crippen LogP contribution in [0.3, 0.4) is 0 Å². The van der Waals surface area contributed by atoms with Gasteiger partial charge in [-0.25, -0.2) is 13.9 Å². The van der Waals surface area contributed by atoms with Crippen LogP contribution in [0, 0.1) is 13.8 Å². The predicted molar refractivity (Wildman–Crippen MR) is 149 cm³/mol. The number of rotatable bonds is 7. The van der Waals surface area contributed by atoms with Crippen LogP contribution in [0.2, 0.25) is 0 Å². The van der Waals surface area contributed by atoms with Crippen LogP contribution in [0.15, 0.2) is 76.3 Å². The molecule has 0 aliphatic rings. The van der Waals surface area contributed by atoms with Gasteiger partial charge in [-0.2, -0.15) is 0 Å². The van der Waals surface area contributed by atoms with Gasteiger partial charge in [0.15, 0.2) is 0 Å². The molecule has 2 aromatic heterocycles. The SMILES string of the molecule is CCC(C)NC(=O)c1ccc2c(=O)n(Cc3ccccc3)c3nn(Cc4cc(C)ccc4C)c(=O)n3c2c1. The molecule has 8 heteroatoms. The maximum Gasteiger partial charge on any atom is 0.352 e. The highest BCUT2D eigenvalue weighted by Gasteiger charge is 2.20. The third kappa shape index (κ3) is 4.65. The molecule has 5 aromatic rings. The summed E-state index contributed by atoms with van der Waals surface area (Å²) in [6, 6.07) is 20.6. The number of nitrogens with zero attached hydrogens (tertiary/aromatic N) is 4. The Morgan fingerprint density at radius 2 is 1.74 bits per heavy atom. The van der Waals surface area contributed by atoms with Crippen LogP contribution in [-0.4, -0.2) is 30.7 Å². The molecular formula is C30H31N5O3. The first-order chi connectivity index (χ1) is 18.3. The van der Waals surface area contributed by atoms with E-state index in [1.165, 1.54) is 13.6 Å². The fourth-order valence-electron chi connectivity index (χ4n) is 4.61. The zero-order chi connectivity index (χ0) is 27.0. The third-order valence-corrected chi connectivity index (χ3v) is 7.04. The first-order valence-corrected chi connectivity index (χ1v) is 12.8. The molecule has 1 unspecified atom stereocenters. The minimum atomic E-state index is -0.368. The number of hydrogen-bond acceptors (Lipinski definition) is 4. The summed E-state index contributed by atoms with van der Waals surface area (Å²) in [5.74, 6) is -0.0140. The third-order valence-electron chi connectivity index (χ3n) is 7.04. The van der Waals surface area contributed by atoms with Crippen molar-refractivity contribution in [2.45, 2.75) is 53.2 Å². The minimum absolute atomic E-state index is 0.000121. The van der Waals surface area contributed by atoms with Gasteiger partial charge in [0.2, 0.25) is 5.78 Å². The average molecular weight is 510 g/mol. The summed E-state index contributed by atoms with van der Waals surface area (Å²) in [5, 5.41) is 7.95. The molecular weight excluding hydrogens is 478 g/mol. The second-order valence-electron chi connectivity index (χ2n) is 9.90. The van der Waals surface area contributed by atoms with Crippen molar-refractivity contribution in [2.24, 2.45) is 0 Å². The van der Waals surface area contributed by atoms with Crippen molar-refractivity contribution >= 4 is 22.6 Å². The van der Waals surface area contributed by atoms with Gasteiger partial charge in [0.25, 0.3) is 11.5 Å². The molecule has 0 saturated carbocycles. The molecule has 38 heavy (non-hydrogen) atoms. The lowest BCUT2D eigenvalue weighted by Gasteiger charge is -2.13. The van der Waals surface area contributed by atoms with Gasteiger partial charge in [-0.15, -0.1) is 5.10 Å². The van der Waals surface area contributed by atoms with Crippen LogP contribution in [0.4, 0.5) is 0 Å². The summed E-state index contributed by atoms with van der Waals surface area (Å²) in [7, 11) is 0. The summed E-state index contributed by atoms with van der Waals surface area (Å²) in [6.07, 6.45) is 0.790. The number of nitrogens with one attached hydrogen (secondary N) is 1. The lowest BCUT2D eigenvalue weighted by atomic mass is 10.1. The van der Waals surface area contributed by atoms with Gasteiger partial charge in [0, 0.05) is 11.6 Å². The maximum atomic E-state index is 13.8. The van der Waals surface area contributed by atoms with E-state index in [-0.39, 0.29) is 42.1 Å². The fraction of sp³-hybridized carbons (Fsp3) is 0.267. The summed E-state index contributed by atoms with van der Waals surface area (Å²) in [4.78, 5) is 40.4. The molecule has 0 saturated heterocycles. The standard InChI is InChI=1S/C30H31N5O3/c1-5-21(4)31-27(36)23-13-14-25-26(16-23)35-29(33(28(25)37)17-22-9-7-6-8-10-22)32-34(30(35)38)18-24-15-19(2)11-12-20(24)3/h6-16,21H,5,17-18H2,1-4H3,(H,31,36). The zero-order valence-electron chi connectivity index (χ0n) is 22.1. The Hall–Kier alpha value is -4.46. The number of benzene rings is 3. The Bertz CT molecular complexity index is 1780. The lowest BCUT2D eigenvalue weighted by Crippen LogP contribution is -2.32. The van der Waals surface area contributed by atoms with Crippen LogP contribution in [0.25, 0.3) is 16.7 Å². The monoisotopic (exact) mass is 509 g/mol. The van der Waals surface area contributed by atoms with Gasteiger partial charge in [0.05, 0.1) is 24.0 Å². The number of carbonyl (C=O) groups excluding carboxylic acids is 1. The van der Waals surface area contributed by atoms with E-state index >= 15 is 0 Å².